The SMILES string of the molecule is COC(CN(C)CCC1COC2(CCC(C(C)(C)C(C)C)CC2)O1)OC. The minimum Gasteiger partial charge on any atom is -0.355 e. The third-order valence-corrected chi connectivity index (χ3v) is 7.02. The average Bonchev–Trinajstić information content (AvgIpc) is 3.00. The molecule has 5 heteroatoms. The van der Waals surface area contributed by atoms with Gasteiger partial charge in [0.25, 0.3) is 0 Å². The Balaban J connectivity index is 1.75. The molecule has 1 aliphatic heterocycles. The maximum absolute atomic E-state index is 6.41. The highest BCUT2D eigenvalue weighted by Crippen LogP contribution is 2.48. The summed E-state index contributed by atoms with van der Waals surface area (Å²) in [6.45, 7) is 12.0. The summed E-state index contributed by atoms with van der Waals surface area (Å²) in [4.78, 5) is 2.23. The quantitative estimate of drug-likeness (QED) is 0.575. The molecule has 0 aromatic carbocycles. The molecule has 1 aliphatic carbocycles. The number of nitrogens with zero attached hydrogens (tertiary/aromatic N) is 1. The highest BCUT2D eigenvalue weighted by molar-refractivity contribution is 4.91. The lowest BCUT2D eigenvalue weighted by atomic mass is 9.64. The lowest BCUT2D eigenvalue weighted by molar-refractivity contribution is -0.199. The Kier molecular flexibility index (Phi) is 7.93. The van der Waals surface area contributed by atoms with Gasteiger partial charge in [-0.1, -0.05) is 27.7 Å². The van der Waals surface area contributed by atoms with Gasteiger partial charge < -0.3 is 23.8 Å². The molecule has 0 N–H and O–H groups in total. The summed E-state index contributed by atoms with van der Waals surface area (Å²) in [7, 11) is 5.45. The first-order chi connectivity index (χ1) is 12.2. The first kappa shape index (κ1) is 22.1. The lowest BCUT2D eigenvalue weighted by Gasteiger charge is -2.44. The van der Waals surface area contributed by atoms with E-state index < -0.39 is 0 Å². The van der Waals surface area contributed by atoms with E-state index in [4.69, 9.17) is 18.9 Å². The van der Waals surface area contributed by atoms with Gasteiger partial charge in [0, 0.05) is 40.2 Å². The minimum atomic E-state index is -0.311. The van der Waals surface area contributed by atoms with E-state index in [0.29, 0.717) is 11.3 Å². The molecule has 0 amide bonds. The maximum atomic E-state index is 6.41. The molecule has 2 aliphatic rings. The highest BCUT2D eigenvalue weighted by atomic mass is 16.7. The molecule has 154 valence electrons. The van der Waals surface area contributed by atoms with Crippen molar-refractivity contribution in [2.75, 3.05) is 41.0 Å². The van der Waals surface area contributed by atoms with E-state index in [1.54, 1.807) is 14.2 Å². The molecule has 5 nitrogen and oxygen atoms in total. The Morgan fingerprint density at radius 2 is 1.77 bits per heavy atom. The summed E-state index contributed by atoms with van der Waals surface area (Å²) in [5, 5.41) is 0. The van der Waals surface area contributed by atoms with Crippen LogP contribution in [0.15, 0.2) is 0 Å². The van der Waals surface area contributed by atoms with E-state index in [0.717, 1.165) is 44.9 Å². The van der Waals surface area contributed by atoms with Crippen molar-refractivity contribution in [2.45, 2.75) is 78.0 Å². The Bertz CT molecular complexity index is 414. The highest BCUT2D eigenvalue weighted by Gasteiger charge is 2.47. The summed E-state index contributed by atoms with van der Waals surface area (Å²) in [6, 6.07) is 0. The summed E-state index contributed by atoms with van der Waals surface area (Å²) in [6.07, 6.45) is 5.51. The molecule has 0 bridgehead atoms. The van der Waals surface area contributed by atoms with Crippen LogP contribution >= 0.6 is 0 Å². The van der Waals surface area contributed by atoms with Gasteiger partial charge in [0.2, 0.25) is 0 Å². The average molecular weight is 372 g/mol. The van der Waals surface area contributed by atoms with Crippen LogP contribution in [0.4, 0.5) is 0 Å². The second-order valence-electron chi connectivity index (χ2n) is 9.16. The number of hydrogen-bond acceptors (Lipinski definition) is 5. The van der Waals surface area contributed by atoms with Crippen molar-refractivity contribution in [1.29, 1.82) is 0 Å². The van der Waals surface area contributed by atoms with E-state index in [2.05, 4.69) is 39.6 Å². The number of rotatable bonds is 9. The number of methoxy groups -OCH3 is 2. The van der Waals surface area contributed by atoms with Crippen LogP contribution in [0.25, 0.3) is 0 Å². The van der Waals surface area contributed by atoms with Gasteiger partial charge in [-0.2, -0.15) is 0 Å². The molecule has 1 atom stereocenters. The van der Waals surface area contributed by atoms with E-state index in [9.17, 15) is 0 Å². The third-order valence-electron chi connectivity index (χ3n) is 7.02. The fourth-order valence-electron chi connectivity index (χ4n) is 4.25. The molecule has 1 saturated carbocycles. The molecule has 2 fully saturated rings. The Morgan fingerprint density at radius 1 is 1.15 bits per heavy atom. The van der Waals surface area contributed by atoms with Crippen molar-refractivity contribution in [3.8, 4) is 0 Å². The van der Waals surface area contributed by atoms with Gasteiger partial charge in [-0.05, 0) is 43.6 Å². The molecule has 1 spiro atoms. The predicted octanol–water partition coefficient (Wildman–Crippen LogP) is 3.91. The Hall–Kier alpha value is -0.200. The number of likely N-dealkylation sites (N-methyl/N-ethyl adjacent to an activating group) is 1. The number of hydrogen-bond donors (Lipinski definition) is 0. The summed E-state index contributed by atoms with van der Waals surface area (Å²) >= 11 is 0. The van der Waals surface area contributed by atoms with Crippen molar-refractivity contribution >= 4 is 0 Å². The van der Waals surface area contributed by atoms with Crippen LogP contribution in [-0.2, 0) is 18.9 Å². The van der Waals surface area contributed by atoms with Crippen molar-refractivity contribution in [1.82, 2.24) is 4.90 Å². The van der Waals surface area contributed by atoms with Gasteiger partial charge in [-0.25, -0.2) is 0 Å². The first-order valence-electron chi connectivity index (χ1n) is 10.3. The second kappa shape index (κ2) is 9.33. The van der Waals surface area contributed by atoms with E-state index in [1.807, 2.05) is 0 Å². The largest absolute Gasteiger partial charge is 0.355 e. The van der Waals surface area contributed by atoms with Crippen LogP contribution in [0.2, 0.25) is 0 Å². The van der Waals surface area contributed by atoms with E-state index in [1.165, 1.54) is 12.8 Å². The summed E-state index contributed by atoms with van der Waals surface area (Å²) in [5.74, 6) is 1.16. The molecule has 0 aromatic rings. The van der Waals surface area contributed by atoms with Crippen molar-refractivity contribution in [3.05, 3.63) is 0 Å². The fourth-order valence-corrected chi connectivity index (χ4v) is 4.25. The van der Waals surface area contributed by atoms with Crippen LogP contribution in [0.5, 0.6) is 0 Å². The van der Waals surface area contributed by atoms with Crippen molar-refractivity contribution in [2.24, 2.45) is 17.3 Å². The molecule has 1 unspecified atom stereocenters. The zero-order valence-electron chi connectivity index (χ0n) is 18.0. The van der Waals surface area contributed by atoms with Crippen LogP contribution in [0.3, 0.4) is 0 Å². The van der Waals surface area contributed by atoms with Crippen molar-refractivity contribution in [3.63, 3.8) is 0 Å². The van der Waals surface area contributed by atoms with Gasteiger partial charge in [-0.3, -0.25) is 0 Å². The van der Waals surface area contributed by atoms with E-state index in [-0.39, 0.29) is 18.2 Å². The van der Waals surface area contributed by atoms with Crippen LogP contribution < -0.4 is 0 Å². The molecule has 0 aromatic heterocycles. The fraction of sp³-hybridized carbons (Fsp3) is 1.00. The molecule has 1 heterocycles. The van der Waals surface area contributed by atoms with Gasteiger partial charge in [0.05, 0.1) is 12.7 Å². The Morgan fingerprint density at radius 3 is 2.31 bits per heavy atom. The molecule has 0 radical (unpaired) electrons. The monoisotopic (exact) mass is 371 g/mol. The zero-order chi connectivity index (χ0) is 19.4. The molecular weight excluding hydrogens is 330 g/mol. The smallest absolute Gasteiger partial charge is 0.169 e. The lowest BCUT2D eigenvalue weighted by Crippen LogP contribution is -2.41. The second-order valence-corrected chi connectivity index (χ2v) is 9.16. The molecular formula is C21H41NO4. The molecule has 26 heavy (non-hydrogen) atoms. The van der Waals surface area contributed by atoms with Crippen LogP contribution in [0, 0.1) is 17.3 Å². The predicted molar refractivity (Wildman–Crippen MR) is 104 cm³/mol. The Labute approximate surface area is 160 Å². The van der Waals surface area contributed by atoms with Crippen LogP contribution in [0.1, 0.15) is 59.8 Å². The third kappa shape index (κ3) is 5.41. The first-order valence-corrected chi connectivity index (χ1v) is 10.3. The normalized spacial score (nSPS) is 30.2. The topological polar surface area (TPSA) is 40.2 Å². The molecule has 1 saturated heterocycles. The maximum Gasteiger partial charge on any atom is 0.169 e. The van der Waals surface area contributed by atoms with Gasteiger partial charge in [0.15, 0.2) is 12.1 Å². The minimum absolute atomic E-state index is 0.174. The van der Waals surface area contributed by atoms with Gasteiger partial charge in [0.1, 0.15) is 0 Å². The van der Waals surface area contributed by atoms with Gasteiger partial charge >= 0.3 is 0 Å². The standard InChI is InChI=1S/C21H41NO4/c1-16(2)20(3,4)17-8-11-21(12-9-17)25-15-18(26-21)10-13-22(5)14-19(23-6)24-7/h16-19H,8-15H2,1-7H3. The van der Waals surface area contributed by atoms with Gasteiger partial charge in [-0.15, -0.1) is 0 Å². The van der Waals surface area contributed by atoms with Crippen LogP contribution in [-0.4, -0.2) is 64.0 Å². The van der Waals surface area contributed by atoms with Crippen molar-refractivity contribution < 1.29 is 18.9 Å². The summed E-state index contributed by atoms with van der Waals surface area (Å²) in [5.41, 5.74) is 0.390. The summed E-state index contributed by atoms with van der Waals surface area (Å²) < 4.78 is 23.1. The molecule has 2 rings (SSSR count). The van der Waals surface area contributed by atoms with E-state index >= 15 is 0 Å². The number of ether oxygens (including phenoxy) is 4. The zero-order valence-corrected chi connectivity index (χ0v) is 18.0.